The lowest BCUT2D eigenvalue weighted by Crippen LogP contribution is -2.21. The van der Waals surface area contributed by atoms with E-state index in [1.54, 1.807) is 18.2 Å². The number of carbonyl (C=O) groups is 1. The van der Waals surface area contributed by atoms with Crippen molar-refractivity contribution in [1.82, 2.24) is 5.48 Å². The normalized spacial score (nSPS) is 13.0. The predicted molar refractivity (Wildman–Crippen MR) is 90.8 cm³/mol. The van der Waals surface area contributed by atoms with Gasteiger partial charge in [-0.15, -0.1) is 0 Å². The summed E-state index contributed by atoms with van der Waals surface area (Å²) in [5.74, 6) is 0.752. The molecule has 1 aliphatic heterocycles. The van der Waals surface area contributed by atoms with Gasteiger partial charge in [0.25, 0.3) is 5.91 Å². The molecular weight excluding hydrogens is 330 g/mol. The van der Waals surface area contributed by atoms with E-state index in [2.05, 4.69) is 5.48 Å². The summed E-state index contributed by atoms with van der Waals surface area (Å²) in [6, 6.07) is 13.1. The molecule has 1 N–H and O–H groups in total. The molecule has 1 heterocycles. The predicted octanol–water partition coefficient (Wildman–Crippen LogP) is 3.37. The molecule has 24 heavy (non-hydrogen) atoms. The van der Waals surface area contributed by atoms with Crippen LogP contribution in [0.25, 0.3) is 6.08 Å². The molecule has 0 aromatic heterocycles. The van der Waals surface area contributed by atoms with Crippen LogP contribution < -0.4 is 15.0 Å². The number of amides is 1. The lowest BCUT2D eigenvalue weighted by molar-refractivity contribution is -0.129. The van der Waals surface area contributed by atoms with Crippen LogP contribution in [0.3, 0.4) is 0 Å². The highest BCUT2D eigenvalue weighted by Gasteiger charge is 2.15. The monoisotopic (exact) mass is 345 g/mol. The van der Waals surface area contributed by atoms with E-state index in [0.717, 1.165) is 11.1 Å². The molecule has 0 aliphatic carbocycles. The molecule has 0 saturated heterocycles. The Labute approximate surface area is 144 Å². The zero-order chi connectivity index (χ0) is 16.8. The number of halogens is 1. The van der Waals surface area contributed by atoms with Crippen LogP contribution in [-0.4, -0.2) is 19.1 Å². The van der Waals surface area contributed by atoms with E-state index in [1.165, 1.54) is 6.08 Å². The molecule has 3 rings (SSSR count). The van der Waals surface area contributed by atoms with Crippen LogP contribution >= 0.6 is 11.6 Å². The maximum Gasteiger partial charge on any atom is 0.267 e. The van der Waals surface area contributed by atoms with Crippen LogP contribution in [0.1, 0.15) is 11.1 Å². The first-order valence-corrected chi connectivity index (χ1v) is 7.83. The van der Waals surface area contributed by atoms with Crippen LogP contribution in [0.15, 0.2) is 48.5 Å². The van der Waals surface area contributed by atoms with Crippen molar-refractivity contribution >= 4 is 23.6 Å². The summed E-state index contributed by atoms with van der Waals surface area (Å²) < 4.78 is 10.9. The van der Waals surface area contributed by atoms with Crippen molar-refractivity contribution in [3.8, 4) is 11.5 Å². The maximum absolute atomic E-state index is 11.8. The molecular formula is C18H16ClNO4. The van der Waals surface area contributed by atoms with E-state index in [9.17, 15) is 4.79 Å². The summed E-state index contributed by atoms with van der Waals surface area (Å²) in [5.41, 5.74) is 4.07. The van der Waals surface area contributed by atoms with Crippen molar-refractivity contribution in [1.29, 1.82) is 0 Å². The zero-order valence-corrected chi connectivity index (χ0v) is 13.6. The fourth-order valence-corrected chi connectivity index (χ4v) is 2.47. The number of nitrogens with one attached hydrogen (secondary N) is 1. The highest BCUT2D eigenvalue weighted by atomic mass is 35.5. The molecule has 2 aromatic carbocycles. The quantitative estimate of drug-likeness (QED) is 0.666. The first-order valence-electron chi connectivity index (χ1n) is 7.45. The Bertz CT molecular complexity index is 746. The number of hydroxylamine groups is 1. The molecule has 5 nitrogen and oxygen atoms in total. The number of benzene rings is 2. The first-order chi connectivity index (χ1) is 11.7. The molecule has 0 fully saturated rings. The summed E-state index contributed by atoms with van der Waals surface area (Å²) in [4.78, 5) is 16.9. The van der Waals surface area contributed by atoms with Gasteiger partial charge in [0.05, 0.1) is 11.6 Å². The van der Waals surface area contributed by atoms with Crippen LogP contribution in [-0.2, 0) is 16.2 Å². The Morgan fingerprint density at radius 2 is 2.00 bits per heavy atom. The molecule has 0 atom stereocenters. The second-order valence-electron chi connectivity index (χ2n) is 5.10. The number of rotatable bonds is 5. The van der Waals surface area contributed by atoms with E-state index in [1.807, 2.05) is 30.3 Å². The Hall–Kier alpha value is -2.50. The van der Waals surface area contributed by atoms with Gasteiger partial charge < -0.3 is 9.47 Å². The number of hydrogen-bond donors (Lipinski definition) is 1. The number of carbonyl (C=O) groups excluding carboxylic acids is 1. The average Bonchev–Trinajstić information content (AvgIpc) is 2.61. The molecule has 0 saturated carbocycles. The Morgan fingerprint density at radius 1 is 1.21 bits per heavy atom. The first kappa shape index (κ1) is 16.4. The van der Waals surface area contributed by atoms with Crippen LogP contribution in [0.5, 0.6) is 11.5 Å². The molecule has 1 amide bonds. The molecule has 2 aromatic rings. The minimum atomic E-state index is -0.364. The van der Waals surface area contributed by atoms with Crippen molar-refractivity contribution in [2.45, 2.75) is 6.61 Å². The molecule has 0 radical (unpaired) electrons. The number of hydrogen-bond acceptors (Lipinski definition) is 4. The summed E-state index contributed by atoms with van der Waals surface area (Å²) in [6.07, 6.45) is 3.00. The van der Waals surface area contributed by atoms with Gasteiger partial charge in [0.2, 0.25) is 0 Å². The van der Waals surface area contributed by atoms with Crippen molar-refractivity contribution in [2.24, 2.45) is 0 Å². The van der Waals surface area contributed by atoms with Gasteiger partial charge in [-0.25, -0.2) is 5.48 Å². The zero-order valence-electron chi connectivity index (χ0n) is 12.8. The highest BCUT2D eigenvalue weighted by Crippen LogP contribution is 2.38. The largest absolute Gasteiger partial charge is 0.486 e. The fraction of sp³-hybridized carbons (Fsp3) is 0.167. The molecule has 1 aliphatic rings. The van der Waals surface area contributed by atoms with E-state index in [-0.39, 0.29) is 5.91 Å². The maximum atomic E-state index is 11.8. The van der Waals surface area contributed by atoms with Gasteiger partial charge >= 0.3 is 0 Å². The van der Waals surface area contributed by atoms with Crippen molar-refractivity contribution < 1.29 is 19.1 Å². The molecule has 124 valence electrons. The summed E-state index contributed by atoms with van der Waals surface area (Å²) >= 11 is 6.15. The standard InChI is InChI=1S/C18H16ClNO4/c19-15-10-14(11-16-18(15)23-9-8-22-16)6-7-17(21)20-24-12-13-4-2-1-3-5-13/h1-7,10-11H,8-9,12H2,(H,20,21)/b7-6+. The van der Waals surface area contributed by atoms with Gasteiger partial charge in [-0.3, -0.25) is 9.63 Å². The number of ether oxygens (including phenoxy) is 2. The van der Waals surface area contributed by atoms with Gasteiger partial charge in [-0.1, -0.05) is 41.9 Å². The van der Waals surface area contributed by atoms with E-state index >= 15 is 0 Å². The lowest BCUT2D eigenvalue weighted by atomic mass is 10.1. The molecule has 0 spiro atoms. The average molecular weight is 346 g/mol. The topological polar surface area (TPSA) is 56.8 Å². The summed E-state index contributed by atoms with van der Waals surface area (Å²) in [7, 11) is 0. The smallest absolute Gasteiger partial charge is 0.267 e. The highest BCUT2D eigenvalue weighted by molar-refractivity contribution is 6.32. The number of fused-ring (bicyclic) bond motifs is 1. The SMILES string of the molecule is O=C(/C=C/c1cc(Cl)c2c(c1)OCCO2)NOCc1ccccc1. The third-order valence-corrected chi connectivity index (χ3v) is 3.58. The van der Waals surface area contributed by atoms with Crippen LogP contribution in [0, 0.1) is 0 Å². The molecule has 0 unspecified atom stereocenters. The Kier molecular flexibility index (Phi) is 5.36. The minimum Gasteiger partial charge on any atom is -0.486 e. The van der Waals surface area contributed by atoms with Gasteiger partial charge in [0.15, 0.2) is 11.5 Å². The van der Waals surface area contributed by atoms with E-state index < -0.39 is 0 Å². The summed E-state index contributed by atoms with van der Waals surface area (Å²) in [5, 5.41) is 0.451. The summed E-state index contributed by atoms with van der Waals surface area (Å²) in [6.45, 7) is 1.25. The molecule has 0 bridgehead atoms. The van der Waals surface area contributed by atoms with E-state index in [0.29, 0.717) is 36.3 Å². The van der Waals surface area contributed by atoms with Crippen molar-refractivity contribution in [2.75, 3.05) is 13.2 Å². The second kappa shape index (κ2) is 7.86. The molecule has 6 heteroatoms. The van der Waals surface area contributed by atoms with E-state index in [4.69, 9.17) is 25.9 Å². The third-order valence-electron chi connectivity index (χ3n) is 3.30. The van der Waals surface area contributed by atoms with Crippen molar-refractivity contribution in [3.63, 3.8) is 0 Å². The third kappa shape index (κ3) is 4.28. The lowest BCUT2D eigenvalue weighted by Gasteiger charge is -2.19. The van der Waals surface area contributed by atoms with Gasteiger partial charge in [-0.05, 0) is 29.3 Å². The van der Waals surface area contributed by atoms with Gasteiger partial charge in [0.1, 0.15) is 13.2 Å². The van der Waals surface area contributed by atoms with Gasteiger partial charge in [0, 0.05) is 6.08 Å². The second-order valence-corrected chi connectivity index (χ2v) is 5.51. The van der Waals surface area contributed by atoms with Crippen LogP contribution in [0.2, 0.25) is 5.02 Å². The van der Waals surface area contributed by atoms with Crippen molar-refractivity contribution in [3.05, 3.63) is 64.7 Å². The Morgan fingerprint density at radius 3 is 2.83 bits per heavy atom. The minimum absolute atomic E-state index is 0.302. The van der Waals surface area contributed by atoms with Gasteiger partial charge in [-0.2, -0.15) is 0 Å². The fourth-order valence-electron chi connectivity index (χ4n) is 2.20. The Balaban J connectivity index is 1.55. The van der Waals surface area contributed by atoms with Crippen LogP contribution in [0.4, 0.5) is 0 Å².